The van der Waals surface area contributed by atoms with Gasteiger partial charge in [0.25, 0.3) is 0 Å². The first-order valence-corrected chi connectivity index (χ1v) is 7.42. The van der Waals surface area contributed by atoms with E-state index in [0.717, 1.165) is 12.5 Å². The minimum absolute atomic E-state index is 0.681. The predicted octanol–water partition coefficient (Wildman–Crippen LogP) is 4.52. The first-order valence-electron chi connectivity index (χ1n) is 6.46. The Hall–Kier alpha value is -0.680. The summed E-state index contributed by atoms with van der Waals surface area (Å²) >= 11 is 0. The molecule has 0 aliphatic heterocycles. The molecule has 0 radical (unpaired) electrons. The summed E-state index contributed by atoms with van der Waals surface area (Å²) in [5.74, 6) is 0.764. The van der Waals surface area contributed by atoms with Crippen molar-refractivity contribution in [2.75, 3.05) is 6.54 Å². The minimum Gasteiger partial charge on any atom is -0.561 e. The number of hydrogen-bond acceptors (Lipinski definition) is 1. The number of hydrogen-bond donors (Lipinski definition) is 1. The fraction of sp³-hybridized carbons (Fsp3) is 0.533. The normalized spacial score (nSPS) is 18.2. The monoisotopic (exact) mass is 249 g/mol. The van der Waals surface area contributed by atoms with Gasteiger partial charge in [-0.25, -0.2) is 0 Å². The molecule has 1 aliphatic rings. The van der Waals surface area contributed by atoms with Crippen LogP contribution in [0.2, 0.25) is 0 Å². The Kier molecular flexibility index (Phi) is 6.44. The van der Waals surface area contributed by atoms with Gasteiger partial charge in [0.15, 0.2) is 0 Å². The molecule has 0 unspecified atom stereocenters. The molecule has 0 spiro atoms. The largest absolute Gasteiger partial charge is 0.561 e. The van der Waals surface area contributed by atoms with E-state index in [9.17, 15) is 0 Å². The second-order valence-corrected chi connectivity index (χ2v) is 6.84. The molecule has 0 atom stereocenters. The van der Waals surface area contributed by atoms with Crippen LogP contribution in [0.3, 0.4) is 0 Å². The molecular weight excluding hydrogens is 225 g/mol. The van der Waals surface area contributed by atoms with Crippen molar-refractivity contribution in [2.45, 2.75) is 39.8 Å². The quantitative estimate of drug-likeness (QED) is 0.414. The lowest BCUT2D eigenvalue weighted by molar-refractivity contribution is 0.570. The van der Waals surface area contributed by atoms with Gasteiger partial charge in [0, 0.05) is 6.54 Å². The molecule has 0 aromatic rings. The van der Waals surface area contributed by atoms with Crippen LogP contribution in [0, 0.1) is 12.3 Å². The van der Waals surface area contributed by atoms with E-state index in [1.807, 2.05) is 0 Å². The van der Waals surface area contributed by atoms with Crippen LogP contribution in [0.25, 0.3) is 0 Å². The molecule has 17 heavy (non-hydrogen) atoms. The molecule has 0 fully saturated rings. The zero-order valence-corrected chi connectivity index (χ0v) is 12.3. The van der Waals surface area contributed by atoms with Gasteiger partial charge in [-0.05, 0) is 12.3 Å². The van der Waals surface area contributed by atoms with Crippen molar-refractivity contribution in [2.24, 2.45) is 5.92 Å². The molecule has 1 rings (SSSR count). The zero-order valence-electron chi connectivity index (χ0n) is 11.4. The summed E-state index contributed by atoms with van der Waals surface area (Å²) in [6, 6.07) is 0. The maximum atomic E-state index is 3.42. The van der Waals surface area contributed by atoms with E-state index in [4.69, 9.17) is 0 Å². The summed E-state index contributed by atoms with van der Waals surface area (Å²) in [6.07, 6.45) is 12.0. The third-order valence-electron chi connectivity index (χ3n) is 2.46. The van der Waals surface area contributed by atoms with Gasteiger partial charge in [-0.15, -0.1) is 18.6 Å². The van der Waals surface area contributed by atoms with Crippen LogP contribution in [0.4, 0.5) is 0 Å². The molecule has 2 heteroatoms. The third-order valence-corrected chi connectivity index (χ3v) is 3.66. The van der Waals surface area contributed by atoms with Gasteiger partial charge in [0.1, 0.15) is 0 Å². The van der Waals surface area contributed by atoms with Crippen LogP contribution >= 0.6 is 8.58 Å². The third kappa shape index (κ3) is 5.98. The van der Waals surface area contributed by atoms with E-state index in [1.54, 1.807) is 0 Å². The Morgan fingerprint density at radius 3 is 2.76 bits per heavy atom. The fourth-order valence-electron chi connectivity index (χ4n) is 1.56. The topological polar surface area (TPSA) is 12.0 Å². The summed E-state index contributed by atoms with van der Waals surface area (Å²) in [7, 11) is 1.41. The van der Waals surface area contributed by atoms with Crippen molar-refractivity contribution in [1.82, 2.24) is 5.32 Å². The van der Waals surface area contributed by atoms with Crippen molar-refractivity contribution in [3.05, 3.63) is 41.7 Å². The highest BCUT2D eigenvalue weighted by atomic mass is 31.1. The molecule has 1 nitrogen and oxygen atoms in total. The van der Waals surface area contributed by atoms with Crippen molar-refractivity contribution in [3.8, 4) is 0 Å². The summed E-state index contributed by atoms with van der Waals surface area (Å²) < 4.78 is 0. The highest BCUT2D eigenvalue weighted by Gasteiger charge is 1.92. The average molecular weight is 249 g/mol. The molecule has 0 aromatic heterocycles. The van der Waals surface area contributed by atoms with Crippen LogP contribution < -0.4 is 5.32 Å². The number of rotatable bonds is 6. The molecule has 0 bridgehead atoms. The summed E-state index contributed by atoms with van der Waals surface area (Å²) in [6.45, 7) is 10.1. The smallest absolute Gasteiger partial charge is 0.00574 e. The first kappa shape index (κ1) is 14.4. The molecule has 0 heterocycles. The predicted molar refractivity (Wildman–Crippen MR) is 79.1 cm³/mol. The highest BCUT2D eigenvalue weighted by molar-refractivity contribution is 7.44. The van der Waals surface area contributed by atoms with E-state index in [2.05, 4.69) is 63.9 Å². The second-order valence-electron chi connectivity index (χ2n) is 5.06. The molecule has 0 amide bonds. The Bertz CT molecular complexity index is 311. The van der Waals surface area contributed by atoms with Gasteiger partial charge in [-0.3, -0.25) is 5.31 Å². The Balaban J connectivity index is 2.47. The van der Waals surface area contributed by atoms with Crippen LogP contribution in [0.15, 0.2) is 35.3 Å². The first-order chi connectivity index (χ1) is 8.09. The van der Waals surface area contributed by atoms with E-state index in [0.29, 0.717) is 5.66 Å². The van der Waals surface area contributed by atoms with Crippen LogP contribution in [-0.4, -0.2) is 12.2 Å². The van der Waals surface area contributed by atoms with Crippen molar-refractivity contribution in [1.29, 1.82) is 0 Å². The van der Waals surface area contributed by atoms with Gasteiger partial charge in [-0.1, -0.05) is 33.9 Å². The Morgan fingerprint density at radius 2 is 2.12 bits per heavy atom. The lowest BCUT2D eigenvalue weighted by Gasteiger charge is -2.37. The van der Waals surface area contributed by atoms with Gasteiger partial charge in [0.2, 0.25) is 0 Å². The van der Waals surface area contributed by atoms with Crippen LogP contribution in [-0.2, 0) is 0 Å². The van der Waals surface area contributed by atoms with Crippen LogP contribution in [0.5, 0.6) is 0 Å². The molecular formula is C15H24NP-2. The standard InChI is InChI=1S/C15H24NP/c1-12(2)9-10-16-11-14-7-5-6-8-15(14)17-13(3)4/h5-8,11-13,16H,9-10H2,1-4H3/q-2. The lowest BCUT2D eigenvalue weighted by atomic mass is 10.1. The van der Waals surface area contributed by atoms with E-state index < -0.39 is 0 Å². The fourth-order valence-corrected chi connectivity index (χ4v) is 2.58. The molecule has 0 aromatic carbocycles. The molecule has 0 saturated carbocycles. The molecule has 0 saturated heterocycles. The van der Waals surface area contributed by atoms with Crippen molar-refractivity contribution in [3.63, 3.8) is 0 Å². The van der Waals surface area contributed by atoms with E-state index in [-0.39, 0.29) is 0 Å². The Morgan fingerprint density at radius 1 is 1.35 bits per heavy atom. The Labute approximate surface area is 108 Å². The highest BCUT2D eigenvalue weighted by Crippen LogP contribution is 2.37. The molecule has 96 valence electrons. The maximum Gasteiger partial charge on any atom is 0.00574 e. The summed E-state index contributed by atoms with van der Waals surface area (Å²) in [4.78, 5) is 0. The van der Waals surface area contributed by atoms with Crippen LogP contribution in [0.1, 0.15) is 34.1 Å². The number of allylic oxidation sites excluding steroid dienone is 5. The molecule has 1 N–H and O–H groups in total. The van der Waals surface area contributed by atoms with E-state index >= 15 is 0 Å². The van der Waals surface area contributed by atoms with Gasteiger partial charge >= 0.3 is 0 Å². The van der Waals surface area contributed by atoms with Crippen molar-refractivity contribution >= 4 is 8.58 Å². The second kappa shape index (κ2) is 7.61. The SMILES string of the molecule is CC(C)CCNC=C1[CH-]C=CC=C1[P-]C(C)C. The zero-order chi connectivity index (χ0) is 12.7. The van der Waals surface area contributed by atoms with Gasteiger partial charge in [-0.2, -0.15) is 17.3 Å². The average Bonchev–Trinajstić information content (AvgIpc) is 2.25. The maximum absolute atomic E-state index is 3.42. The van der Waals surface area contributed by atoms with Crippen molar-refractivity contribution < 1.29 is 0 Å². The van der Waals surface area contributed by atoms with Gasteiger partial charge < -0.3 is 13.9 Å². The number of nitrogens with one attached hydrogen (secondary N) is 1. The van der Waals surface area contributed by atoms with Gasteiger partial charge in [0.05, 0.1) is 0 Å². The lowest BCUT2D eigenvalue weighted by Crippen LogP contribution is -2.11. The summed E-state index contributed by atoms with van der Waals surface area (Å²) in [5.41, 5.74) is 2.01. The molecule has 1 aliphatic carbocycles. The summed E-state index contributed by atoms with van der Waals surface area (Å²) in [5, 5.41) is 4.83. The minimum atomic E-state index is 0.681. The van der Waals surface area contributed by atoms with E-state index in [1.165, 1.54) is 25.9 Å².